The van der Waals surface area contributed by atoms with Crippen molar-refractivity contribution in [2.24, 2.45) is 0 Å². The van der Waals surface area contributed by atoms with E-state index in [2.05, 4.69) is 31.0 Å². The molecule has 27 heavy (non-hydrogen) atoms. The molecule has 0 fully saturated rings. The van der Waals surface area contributed by atoms with E-state index >= 15 is 0 Å². The topological polar surface area (TPSA) is 116 Å². The Hall–Kier alpha value is -3.94. The van der Waals surface area contributed by atoms with E-state index in [0.717, 1.165) is 16.5 Å². The van der Waals surface area contributed by atoms with E-state index in [1.54, 1.807) is 24.3 Å². The molecule has 0 bridgehead atoms. The lowest BCUT2D eigenvalue weighted by atomic mass is 10.1. The lowest BCUT2D eigenvalue weighted by Gasteiger charge is -2.07. The molecule has 0 aliphatic rings. The average Bonchev–Trinajstić information content (AvgIpc) is 3.10. The van der Waals surface area contributed by atoms with Crippen LogP contribution in [0.25, 0.3) is 22.2 Å². The number of amides is 1. The fraction of sp³-hybridized carbons (Fsp3) is 0.0526. The number of hydrogen-bond acceptors (Lipinski definition) is 6. The molecule has 2 aromatic heterocycles. The van der Waals surface area contributed by atoms with Gasteiger partial charge >= 0.3 is 0 Å². The van der Waals surface area contributed by atoms with E-state index in [0.29, 0.717) is 11.3 Å². The molecule has 0 spiro atoms. The maximum atomic E-state index is 12.2. The molecule has 0 aliphatic heterocycles. The summed E-state index contributed by atoms with van der Waals surface area (Å²) < 4.78 is 0. The number of aromatic amines is 1. The van der Waals surface area contributed by atoms with Crippen molar-refractivity contribution in [1.29, 1.82) is 0 Å². The fourth-order valence-electron chi connectivity index (χ4n) is 2.75. The highest BCUT2D eigenvalue weighted by molar-refractivity contribution is 5.89. The van der Waals surface area contributed by atoms with Gasteiger partial charge in [-0.15, -0.1) is 10.2 Å². The molecular weight excluding hydrogens is 344 g/mol. The molecule has 0 aliphatic carbocycles. The lowest BCUT2D eigenvalue weighted by Crippen LogP contribution is -2.31. The first-order valence-corrected chi connectivity index (χ1v) is 8.28. The molecule has 0 radical (unpaired) electrons. The third-order valence-electron chi connectivity index (χ3n) is 4.04. The normalized spacial score (nSPS) is 10.7. The first-order chi connectivity index (χ1) is 13.2. The second kappa shape index (κ2) is 7.12. The van der Waals surface area contributed by atoms with Crippen molar-refractivity contribution in [3.05, 3.63) is 66.5 Å². The molecule has 0 atom stereocenters. The number of fused-ring (bicyclic) bond motifs is 1. The van der Waals surface area contributed by atoms with Gasteiger partial charge in [0, 0.05) is 22.7 Å². The van der Waals surface area contributed by atoms with Gasteiger partial charge < -0.3 is 10.1 Å². The van der Waals surface area contributed by atoms with Gasteiger partial charge in [-0.25, -0.2) is 4.98 Å². The van der Waals surface area contributed by atoms with Crippen LogP contribution in [0.5, 0.6) is 5.75 Å². The SMILES string of the molecule is O=C(Cc1c[nH]c2ccccc12)NNc1ncc(-c2cccc(O)c2)nn1. The number of phenolic OH excluding ortho intramolecular Hbond substituents is 1. The second-order valence-corrected chi connectivity index (χ2v) is 5.93. The highest BCUT2D eigenvalue weighted by Crippen LogP contribution is 2.20. The molecule has 0 unspecified atom stereocenters. The summed E-state index contributed by atoms with van der Waals surface area (Å²) in [5.74, 6) is 0.0904. The van der Waals surface area contributed by atoms with Crippen molar-refractivity contribution < 1.29 is 9.90 Å². The van der Waals surface area contributed by atoms with Crippen LogP contribution in [0.2, 0.25) is 0 Å². The van der Waals surface area contributed by atoms with E-state index in [-0.39, 0.29) is 24.0 Å². The number of hydrogen-bond donors (Lipinski definition) is 4. The first-order valence-electron chi connectivity index (χ1n) is 8.28. The Labute approximate surface area is 154 Å². The van der Waals surface area contributed by atoms with Crippen LogP contribution in [0.3, 0.4) is 0 Å². The van der Waals surface area contributed by atoms with E-state index < -0.39 is 0 Å². The lowest BCUT2D eigenvalue weighted by molar-refractivity contribution is -0.119. The molecule has 2 heterocycles. The van der Waals surface area contributed by atoms with E-state index in [1.807, 2.05) is 30.5 Å². The van der Waals surface area contributed by atoms with Gasteiger partial charge in [0.25, 0.3) is 5.95 Å². The van der Waals surface area contributed by atoms with Crippen molar-refractivity contribution in [1.82, 2.24) is 25.6 Å². The summed E-state index contributed by atoms with van der Waals surface area (Å²) in [5, 5.41) is 18.5. The molecular formula is C19H16N6O2. The molecule has 1 amide bonds. The van der Waals surface area contributed by atoms with Crippen molar-refractivity contribution in [2.75, 3.05) is 5.43 Å². The Morgan fingerprint density at radius 2 is 2.00 bits per heavy atom. The monoisotopic (exact) mass is 360 g/mol. The van der Waals surface area contributed by atoms with Crippen LogP contribution in [0.4, 0.5) is 5.95 Å². The number of nitrogens with zero attached hydrogens (tertiary/aromatic N) is 3. The van der Waals surface area contributed by atoms with E-state index in [9.17, 15) is 9.90 Å². The number of carbonyl (C=O) groups is 1. The molecule has 4 aromatic rings. The number of anilines is 1. The molecule has 2 aromatic carbocycles. The predicted molar refractivity (Wildman–Crippen MR) is 101 cm³/mol. The van der Waals surface area contributed by atoms with Gasteiger partial charge in [-0.3, -0.25) is 15.6 Å². The minimum Gasteiger partial charge on any atom is -0.508 e. The van der Waals surface area contributed by atoms with Gasteiger partial charge in [-0.05, 0) is 23.8 Å². The molecule has 8 heteroatoms. The third kappa shape index (κ3) is 3.69. The Kier molecular flexibility index (Phi) is 4.36. The van der Waals surface area contributed by atoms with Crippen molar-refractivity contribution in [3.63, 3.8) is 0 Å². The number of nitrogens with one attached hydrogen (secondary N) is 3. The van der Waals surface area contributed by atoms with Gasteiger partial charge in [-0.2, -0.15) is 0 Å². The number of hydrazine groups is 1. The van der Waals surface area contributed by atoms with Gasteiger partial charge in [-0.1, -0.05) is 30.3 Å². The van der Waals surface area contributed by atoms with Gasteiger partial charge in [0.05, 0.1) is 12.6 Å². The van der Waals surface area contributed by atoms with Gasteiger partial charge in [0.2, 0.25) is 5.91 Å². The Balaban J connectivity index is 1.37. The number of aromatic nitrogens is 4. The number of para-hydroxylation sites is 1. The largest absolute Gasteiger partial charge is 0.508 e. The van der Waals surface area contributed by atoms with E-state index in [4.69, 9.17) is 0 Å². The molecule has 4 rings (SSSR count). The van der Waals surface area contributed by atoms with Crippen LogP contribution in [-0.2, 0) is 11.2 Å². The highest BCUT2D eigenvalue weighted by Gasteiger charge is 2.09. The Morgan fingerprint density at radius 3 is 2.81 bits per heavy atom. The van der Waals surface area contributed by atoms with Crippen LogP contribution in [0, 0.1) is 0 Å². The van der Waals surface area contributed by atoms with Crippen LogP contribution >= 0.6 is 0 Å². The van der Waals surface area contributed by atoms with Crippen LogP contribution in [0.1, 0.15) is 5.56 Å². The Morgan fingerprint density at radius 1 is 1.11 bits per heavy atom. The Bertz CT molecular complexity index is 1090. The fourth-order valence-corrected chi connectivity index (χ4v) is 2.75. The highest BCUT2D eigenvalue weighted by atomic mass is 16.3. The maximum Gasteiger partial charge on any atom is 0.261 e. The molecule has 134 valence electrons. The quantitative estimate of drug-likeness (QED) is 0.406. The van der Waals surface area contributed by atoms with E-state index in [1.165, 1.54) is 6.20 Å². The zero-order valence-corrected chi connectivity index (χ0v) is 14.2. The summed E-state index contributed by atoms with van der Waals surface area (Å²) in [4.78, 5) is 19.4. The van der Waals surface area contributed by atoms with Crippen molar-refractivity contribution in [2.45, 2.75) is 6.42 Å². The summed E-state index contributed by atoms with van der Waals surface area (Å²) >= 11 is 0. The summed E-state index contributed by atoms with van der Waals surface area (Å²) in [6, 6.07) is 14.5. The summed E-state index contributed by atoms with van der Waals surface area (Å²) in [5.41, 5.74) is 8.32. The first kappa shape index (κ1) is 16.5. The molecule has 8 nitrogen and oxygen atoms in total. The molecule has 4 N–H and O–H groups in total. The average molecular weight is 360 g/mol. The number of carbonyl (C=O) groups excluding carboxylic acids is 1. The maximum absolute atomic E-state index is 12.2. The standard InChI is InChI=1S/C19H16N6O2/c26-14-5-3-4-12(8-14)17-11-21-19(24-22-17)25-23-18(27)9-13-10-20-16-7-2-1-6-15(13)16/h1-8,10-11,20,26H,9H2,(H,23,27)(H,21,24,25). The third-order valence-corrected chi connectivity index (χ3v) is 4.04. The number of aromatic hydroxyl groups is 1. The van der Waals surface area contributed by atoms with Crippen LogP contribution < -0.4 is 10.9 Å². The van der Waals surface area contributed by atoms with Crippen molar-refractivity contribution >= 4 is 22.8 Å². The van der Waals surface area contributed by atoms with Gasteiger partial charge in [0.15, 0.2) is 0 Å². The number of H-pyrrole nitrogens is 1. The van der Waals surface area contributed by atoms with Crippen LogP contribution in [-0.4, -0.2) is 31.2 Å². The zero-order chi connectivity index (χ0) is 18.6. The second-order valence-electron chi connectivity index (χ2n) is 5.93. The number of rotatable bonds is 5. The summed E-state index contributed by atoms with van der Waals surface area (Å²) in [6.45, 7) is 0. The minimum atomic E-state index is -0.222. The van der Waals surface area contributed by atoms with Gasteiger partial charge in [0.1, 0.15) is 11.4 Å². The summed E-state index contributed by atoms with van der Waals surface area (Å²) in [6.07, 6.45) is 3.55. The zero-order valence-electron chi connectivity index (χ0n) is 14.2. The van der Waals surface area contributed by atoms with Crippen molar-refractivity contribution in [3.8, 4) is 17.0 Å². The van der Waals surface area contributed by atoms with Crippen LogP contribution in [0.15, 0.2) is 60.9 Å². The predicted octanol–water partition coefficient (Wildman–Crippen LogP) is 2.41. The summed E-state index contributed by atoms with van der Waals surface area (Å²) in [7, 11) is 0. The number of phenols is 1. The molecule has 0 saturated heterocycles. The number of benzene rings is 2. The molecule has 0 saturated carbocycles. The minimum absolute atomic E-state index is 0.140. The smallest absolute Gasteiger partial charge is 0.261 e.